The Morgan fingerprint density at radius 1 is 0.946 bits per heavy atom. The molecule has 1 aliphatic heterocycles. The van der Waals surface area contributed by atoms with Crippen LogP contribution in [0.1, 0.15) is 51.1 Å². The van der Waals surface area contributed by atoms with Crippen molar-refractivity contribution >= 4 is 23.3 Å². The molecule has 1 heterocycles. The van der Waals surface area contributed by atoms with Crippen molar-refractivity contribution < 1.29 is 39.1 Å². The Hall–Kier alpha value is -4.26. The first-order valence-electron chi connectivity index (χ1n) is 11.3. The molecule has 0 aromatic heterocycles. The van der Waals surface area contributed by atoms with Gasteiger partial charge < -0.3 is 24.6 Å². The van der Waals surface area contributed by atoms with E-state index >= 15 is 0 Å². The van der Waals surface area contributed by atoms with Crippen molar-refractivity contribution in [1.82, 2.24) is 4.90 Å². The summed E-state index contributed by atoms with van der Waals surface area (Å²) < 4.78 is 10.1. The van der Waals surface area contributed by atoms with Gasteiger partial charge in [0, 0.05) is 30.8 Å². The predicted octanol–water partition coefficient (Wildman–Crippen LogP) is 3.51. The Balaban J connectivity index is 0.000000281. The average molecular weight is 520 g/mol. The molecule has 13 nitrogen and oxygen atoms in total. The number of piperidine rings is 1. The molecule has 3 rings (SSSR count). The number of nitro benzene ring substituents is 2. The van der Waals surface area contributed by atoms with Gasteiger partial charge in [-0.1, -0.05) is 0 Å². The van der Waals surface area contributed by atoms with E-state index in [9.17, 15) is 34.9 Å². The number of aliphatic hydroxyl groups excluding tert-OH is 1. The van der Waals surface area contributed by atoms with Gasteiger partial charge in [-0.2, -0.15) is 0 Å². The van der Waals surface area contributed by atoms with Crippen molar-refractivity contribution in [2.45, 2.75) is 39.2 Å². The topological polar surface area (TPSA) is 183 Å². The Morgan fingerprint density at radius 2 is 1.43 bits per heavy atom. The van der Waals surface area contributed by atoms with Crippen LogP contribution in [0.3, 0.4) is 0 Å². The fourth-order valence-corrected chi connectivity index (χ4v) is 4.04. The van der Waals surface area contributed by atoms with Gasteiger partial charge in [0.25, 0.3) is 17.3 Å². The van der Waals surface area contributed by atoms with E-state index < -0.39 is 27.4 Å². The van der Waals surface area contributed by atoms with Crippen LogP contribution in [0.15, 0.2) is 24.3 Å². The molecule has 0 bridgehead atoms. The number of ether oxygens (including phenoxy) is 2. The molecule has 0 radical (unpaired) electrons. The Bertz CT molecular complexity index is 1200. The molecule has 1 atom stereocenters. The molecule has 0 aliphatic carbocycles. The smallest absolute Gasteiger partial charge is 0.342 e. The third-order valence-corrected chi connectivity index (χ3v) is 5.98. The molecular formula is C24H29N3O10. The van der Waals surface area contributed by atoms with Gasteiger partial charge in [-0.15, -0.1) is 0 Å². The third kappa shape index (κ3) is 6.70. The molecule has 1 amide bonds. The number of carbonyl (C=O) groups excluding carboxylic acids is 1. The summed E-state index contributed by atoms with van der Waals surface area (Å²) in [5.74, 6) is -1.02. The summed E-state index contributed by atoms with van der Waals surface area (Å²) in [6, 6.07) is 4.81. The lowest BCUT2D eigenvalue weighted by Crippen LogP contribution is -2.45. The number of rotatable bonds is 7. The minimum Gasteiger partial charge on any atom is -0.496 e. The van der Waals surface area contributed by atoms with E-state index in [0.717, 1.165) is 18.9 Å². The fraction of sp³-hybridized carbons (Fsp3) is 0.417. The second-order valence-electron chi connectivity index (χ2n) is 8.33. The molecule has 37 heavy (non-hydrogen) atoms. The number of methoxy groups -OCH3 is 2. The van der Waals surface area contributed by atoms with Crippen LogP contribution < -0.4 is 9.47 Å². The summed E-state index contributed by atoms with van der Waals surface area (Å²) in [7, 11) is 2.83. The van der Waals surface area contributed by atoms with E-state index in [1.807, 2.05) is 0 Å². The lowest BCUT2D eigenvalue weighted by Gasteiger charge is -2.34. The van der Waals surface area contributed by atoms with Crippen molar-refractivity contribution in [2.75, 3.05) is 27.4 Å². The van der Waals surface area contributed by atoms with E-state index in [4.69, 9.17) is 14.6 Å². The van der Waals surface area contributed by atoms with Gasteiger partial charge in [0.15, 0.2) is 0 Å². The number of benzene rings is 2. The van der Waals surface area contributed by atoms with Crippen LogP contribution in [-0.4, -0.2) is 70.2 Å². The highest BCUT2D eigenvalue weighted by Gasteiger charge is 2.32. The third-order valence-electron chi connectivity index (χ3n) is 5.98. The molecule has 0 saturated carbocycles. The molecule has 2 aromatic carbocycles. The Kier molecular flexibility index (Phi) is 9.89. The highest BCUT2D eigenvalue weighted by molar-refractivity contribution is 5.99. The van der Waals surface area contributed by atoms with Crippen LogP contribution in [-0.2, 0) is 0 Å². The molecule has 0 unspecified atom stereocenters. The second-order valence-corrected chi connectivity index (χ2v) is 8.33. The van der Waals surface area contributed by atoms with E-state index in [2.05, 4.69) is 0 Å². The zero-order valence-electron chi connectivity index (χ0n) is 20.9. The van der Waals surface area contributed by atoms with Crippen LogP contribution >= 0.6 is 0 Å². The number of amides is 1. The van der Waals surface area contributed by atoms with Gasteiger partial charge in [-0.05, 0) is 44.2 Å². The number of carbonyl (C=O) groups is 2. The van der Waals surface area contributed by atoms with Gasteiger partial charge in [0.05, 0.1) is 36.7 Å². The number of hydrogen-bond donors (Lipinski definition) is 2. The van der Waals surface area contributed by atoms with Crippen LogP contribution in [0.4, 0.5) is 11.4 Å². The van der Waals surface area contributed by atoms with Crippen molar-refractivity contribution in [2.24, 2.45) is 0 Å². The number of hydrogen-bond acceptors (Lipinski definition) is 9. The van der Waals surface area contributed by atoms with Gasteiger partial charge in [-0.25, -0.2) is 4.79 Å². The van der Waals surface area contributed by atoms with Gasteiger partial charge in [-0.3, -0.25) is 25.0 Å². The SMILES string of the molecule is COc1cc(C(=O)N2CCCC[C@H]2CO)c([N+](=O)[O-])cc1C.COc1cc(C(=O)O)c([N+](=O)[O-])cc1C. The maximum Gasteiger partial charge on any atom is 0.342 e. The van der Waals surface area contributed by atoms with Crippen LogP contribution in [0.2, 0.25) is 0 Å². The van der Waals surface area contributed by atoms with Crippen LogP contribution in [0.25, 0.3) is 0 Å². The highest BCUT2D eigenvalue weighted by atomic mass is 16.6. The lowest BCUT2D eigenvalue weighted by molar-refractivity contribution is -0.385. The number of aromatic carboxylic acids is 1. The fourth-order valence-electron chi connectivity index (χ4n) is 4.04. The van der Waals surface area contributed by atoms with Crippen molar-refractivity contribution in [3.63, 3.8) is 0 Å². The number of carboxylic acid groups (broad SMARTS) is 1. The highest BCUT2D eigenvalue weighted by Crippen LogP contribution is 2.31. The number of carboxylic acids is 1. The predicted molar refractivity (Wildman–Crippen MR) is 131 cm³/mol. The minimum absolute atomic E-state index is 0.00722. The van der Waals surface area contributed by atoms with E-state index in [0.29, 0.717) is 35.6 Å². The van der Waals surface area contributed by atoms with Crippen LogP contribution in [0.5, 0.6) is 11.5 Å². The molecule has 1 fully saturated rings. The number of likely N-dealkylation sites (tertiary alicyclic amines) is 1. The summed E-state index contributed by atoms with van der Waals surface area (Å²) in [5.41, 5.74) is 0.0962. The summed E-state index contributed by atoms with van der Waals surface area (Å²) in [6.45, 7) is 3.66. The number of aryl methyl sites for hydroxylation is 2. The van der Waals surface area contributed by atoms with E-state index in [1.165, 1.54) is 37.3 Å². The molecule has 1 aliphatic rings. The van der Waals surface area contributed by atoms with E-state index in [-0.39, 0.29) is 29.5 Å². The maximum absolute atomic E-state index is 12.7. The molecule has 0 spiro atoms. The maximum atomic E-state index is 12.7. The molecular weight excluding hydrogens is 490 g/mol. The Labute approximate surface area is 212 Å². The molecule has 13 heteroatoms. The Morgan fingerprint density at radius 3 is 1.86 bits per heavy atom. The first-order valence-corrected chi connectivity index (χ1v) is 11.3. The standard InChI is InChI=1S/C15H20N2O5.C9H9NO5/c1-10-7-13(17(20)21)12(8-14(10)22-2)15(19)16-6-4-3-5-11(16)9-18;1-5-3-7(10(13)14)6(9(11)12)4-8(5)15-2/h7-8,11,18H,3-6,9H2,1-2H3;3-4H,1-2H3,(H,11,12)/t11-;/m0./s1. The minimum atomic E-state index is -1.35. The van der Waals surface area contributed by atoms with Gasteiger partial charge in [0.2, 0.25) is 0 Å². The number of nitro groups is 2. The summed E-state index contributed by atoms with van der Waals surface area (Å²) >= 11 is 0. The van der Waals surface area contributed by atoms with Crippen LogP contribution in [0, 0.1) is 34.1 Å². The quantitative estimate of drug-likeness (QED) is 0.405. The average Bonchev–Trinajstić information content (AvgIpc) is 2.87. The number of aliphatic hydroxyl groups is 1. The molecule has 2 N–H and O–H groups in total. The molecule has 2 aromatic rings. The van der Waals surface area contributed by atoms with Crippen molar-refractivity contribution in [1.29, 1.82) is 0 Å². The van der Waals surface area contributed by atoms with Crippen molar-refractivity contribution in [3.8, 4) is 11.5 Å². The monoisotopic (exact) mass is 519 g/mol. The molecule has 1 saturated heterocycles. The summed E-state index contributed by atoms with van der Waals surface area (Å²) in [4.78, 5) is 45.6. The zero-order valence-corrected chi connectivity index (χ0v) is 20.9. The first kappa shape index (κ1) is 29.0. The first-order chi connectivity index (χ1) is 17.5. The van der Waals surface area contributed by atoms with Gasteiger partial charge in [0.1, 0.15) is 22.6 Å². The lowest BCUT2D eigenvalue weighted by atomic mass is 10.00. The molecule has 200 valence electrons. The number of nitrogens with zero attached hydrogens (tertiary/aromatic N) is 3. The van der Waals surface area contributed by atoms with E-state index in [1.54, 1.807) is 13.8 Å². The van der Waals surface area contributed by atoms with Crippen molar-refractivity contribution in [3.05, 3.63) is 66.7 Å². The zero-order chi connectivity index (χ0) is 27.9. The second kappa shape index (κ2) is 12.6. The normalized spacial score (nSPS) is 14.7. The van der Waals surface area contributed by atoms with Gasteiger partial charge >= 0.3 is 5.97 Å². The largest absolute Gasteiger partial charge is 0.496 e. The summed E-state index contributed by atoms with van der Waals surface area (Å²) in [5, 5.41) is 40.0. The summed E-state index contributed by atoms with van der Waals surface area (Å²) in [6.07, 6.45) is 2.48.